The molecule has 0 aromatic heterocycles. The molecule has 0 atom stereocenters. The number of rotatable bonds is 3. The first kappa shape index (κ1) is 14.2. The predicted octanol–water partition coefficient (Wildman–Crippen LogP) is 4.91. The lowest BCUT2D eigenvalue weighted by molar-refractivity contribution is 0.472. The highest BCUT2D eigenvalue weighted by molar-refractivity contribution is 9.10. The van der Waals surface area contributed by atoms with Crippen molar-refractivity contribution < 1.29 is 5.11 Å². The quantitative estimate of drug-likeness (QED) is 0.604. The van der Waals surface area contributed by atoms with Gasteiger partial charge < -0.3 is 5.11 Å². The molecule has 0 heterocycles. The van der Waals surface area contributed by atoms with Gasteiger partial charge in [0.15, 0.2) is 0 Å². The first-order valence-corrected chi connectivity index (χ1v) is 6.84. The molecule has 0 saturated heterocycles. The Morgan fingerprint density at radius 2 is 1.89 bits per heavy atom. The van der Waals surface area contributed by atoms with Crippen molar-refractivity contribution in [2.45, 2.75) is 0 Å². The van der Waals surface area contributed by atoms with Crippen molar-refractivity contribution in [2.24, 2.45) is 5.10 Å². The van der Waals surface area contributed by atoms with Gasteiger partial charge in [0.1, 0.15) is 5.75 Å². The zero-order valence-corrected chi connectivity index (χ0v) is 12.7. The Hall–Kier alpha value is -1.23. The SMILES string of the molecule is Oc1ccc(C=NNc2ccc(Cl)c(Cl)c2)cc1Br. The fourth-order valence-electron chi connectivity index (χ4n) is 1.35. The van der Waals surface area contributed by atoms with E-state index in [4.69, 9.17) is 23.2 Å². The van der Waals surface area contributed by atoms with Crippen molar-refractivity contribution in [3.63, 3.8) is 0 Å². The molecule has 0 radical (unpaired) electrons. The minimum atomic E-state index is 0.189. The van der Waals surface area contributed by atoms with E-state index in [2.05, 4.69) is 26.5 Å². The van der Waals surface area contributed by atoms with Crippen molar-refractivity contribution in [1.82, 2.24) is 0 Å². The molecule has 0 amide bonds. The maximum Gasteiger partial charge on any atom is 0.129 e. The van der Waals surface area contributed by atoms with Gasteiger partial charge in [0.2, 0.25) is 0 Å². The zero-order chi connectivity index (χ0) is 13.8. The largest absolute Gasteiger partial charge is 0.507 e. The molecule has 0 unspecified atom stereocenters. The lowest BCUT2D eigenvalue weighted by Crippen LogP contribution is -1.90. The number of halogens is 3. The number of nitrogens with one attached hydrogen (secondary N) is 1. The second kappa shape index (κ2) is 6.28. The first-order chi connectivity index (χ1) is 9.06. The van der Waals surface area contributed by atoms with Crippen LogP contribution in [0.5, 0.6) is 5.75 Å². The molecule has 0 aliphatic heterocycles. The van der Waals surface area contributed by atoms with E-state index < -0.39 is 0 Å². The summed E-state index contributed by atoms with van der Waals surface area (Å²) in [5.41, 5.74) is 4.43. The molecule has 2 N–H and O–H groups in total. The predicted molar refractivity (Wildman–Crippen MR) is 83.5 cm³/mol. The minimum Gasteiger partial charge on any atom is -0.507 e. The average Bonchev–Trinajstić information content (AvgIpc) is 2.38. The average molecular weight is 360 g/mol. The molecule has 0 bridgehead atoms. The molecular formula is C13H9BrCl2N2O. The van der Waals surface area contributed by atoms with Gasteiger partial charge in [-0.1, -0.05) is 23.2 Å². The molecule has 0 aliphatic rings. The Bertz CT molecular complexity index is 632. The monoisotopic (exact) mass is 358 g/mol. The highest BCUT2D eigenvalue weighted by atomic mass is 79.9. The van der Waals surface area contributed by atoms with Crippen molar-refractivity contribution >= 4 is 51.0 Å². The first-order valence-electron chi connectivity index (χ1n) is 5.29. The third-order valence-electron chi connectivity index (χ3n) is 2.30. The lowest BCUT2D eigenvalue weighted by Gasteiger charge is -2.02. The van der Waals surface area contributed by atoms with Crippen LogP contribution in [0.2, 0.25) is 10.0 Å². The molecule has 2 aromatic carbocycles. The van der Waals surface area contributed by atoms with Gasteiger partial charge in [-0.3, -0.25) is 5.43 Å². The molecule has 3 nitrogen and oxygen atoms in total. The summed E-state index contributed by atoms with van der Waals surface area (Å²) in [7, 11) is 0. The second-order valence-electron chi connectivity index (χ2n) is 3.71. The van der Waals surface area contributed by atoms with Crippen LogP contribution in [0, 0.1) is 0 Å². The molecule has 98 valence electrons. The van der Waals surface area contributed by atoms with Gasteiger partial charge in [-0.15, -0.1) is 0 Å². The summed E-state index contributed by atoms with van der Waals surface area (Å²) >= 11 is 14.9. The number of nitrogens with zero attached hydrogens (tertiary/aromatic N) is 1. The van der Waals surface area contributed by atoms with E-state index in [1.165, 1.54) is 0 Å². The summed E-state index contributed by atoms with van der Waals surface area (Å²) in [6, 6.07) is 10.3. The van der Waals surface area contributed by atoms with E-state index in [0.29, 0.717) is 14.5 Å². The summed E-state index contributed by atoms with van der Waals surface area (Å²) in [4.78, 5) is 0. The highest BCUT2D eigenvalue weighted by Gasteiger charge is 1.99. The van der Waals surface area contributed by atoms with Gasteiger partial charge in [0, 0.05) is 0 Å². The smallest absolute Gasteiger partial charge is 0.129 e. The normalized spacial score (nSPS) is 10.9. The van der Waals surface area contributed by atoms with Crippen LogP contribution in [-0.2, 0) is 0 Å². The van der Waals surface area contributed by atoms with E-state index >= 15 is 0 Å². The number of anilines is 1. The van der Waals surface area contributed by atoms with Crippen molar-refractivity contribution in [3.05, 3.63) is 56.5 Å². The van der Waals surface area contributed by atoms with Gasteiger partial charge >= 0.3 is 0 Å². The number of benzene rings is 2. The summed E-state index contributed by atoms with van der Waals surface area (Å²) in [5.74, 6) is 0.189. The fraction of sp³-hybridized carbons (Fsp3) is 0. The maximum atomic E-state index is 9.37. The van der Waals surface area contributed by atoms with Crippen LogP contribution in [0.4, 0.5) is 5.69 Å². The molecule has 0 fully saturated rings. The Kier molecular flexibility index (Phi) is 4.69. The topological polar surface area (TPSA) is 44.6 Å². The Balaban J connectivity index is 2.06. The van der Waals surface area contributed by atoms with Crippen LogP contribution in [-0.4, -0.2) is 11.3 Å². The van der Waals surface area contributed by atoms with E-state index in [-0.39, 0.29) is 5.75 Å². The molecule has 6 heteroatoms. The molecular weight excluding hydrogens is 351 g/mol. The van der Waals surface area contributed by atoms with Crippen molar-refractivity contribution in [3.8, 4) is 5.75 Å². The molecule has 0 spiro atoms. The Morgan fingerprint density at radius 1 is 1.11 bits per heavy atom. The summed E-state index contributed by atoms with van der Waals surface area (Å²) in [5, 5.41) is 14.4. The van der Waals surface area contributed by atoms with E-state index in [1.807, 2.05) is 0 Å². The van der Waals surface area contributed by atoms with Gasteiger partial charge in [0.25, 0.3) is 0 Å². The third kappa shape index (κ3) is 3.86. The lowest BCUT2D eigenvalue weighted by atomic mass is 10.2. The van der Waals surface area contributed by atoms with Crippen LogP contribution >= 0.6 is 39.1 Å². The van der Waals surface area contributed by atoms with Crippen LogP contribution in [0.25, 0.3) is 0 Å². The Labute approximate surface area is 129 Å². The number of phenolic OH excluding ortho intramolecular Hbond substituents is 1. The highest BCUT2D eigenvalue weighted by Crippen LogP contribution is 2.25. The molecule has 0 aliphatic carbocycles. The number of hydrogen-bond donors (Lipinski definition) is 2. The second-order valence-corrected chi connectivity index (χ2v) is 5.38. The van der Waals surface area contributed by atoms with Gasteiger partial charge in [-0.25, -0.2) is 0 Å². The van der Waals surface area contributed by atoms with E-state index in [9.17, 15) is 5.11 Å². The standard InChI is InChI=1S/C13H9BrCl2N2O/c14-10-5-8(1-4-13(10)19)7-17-18-9-2-3-11(15)12(16)6-9/h1-7,18-19H. The summed E-state index contributed by atoms with van der Waals surface area (Å²) < 4.78 is 0.617. The number of hydrogen-bond acceptors (Lipinski definition) is 3. The molecule has 0 saturated carbocycles. The summed E-state index contributed by atoms with van der Waals surface area (Å²) in [6.07, 6.45) is 1.63. The van der Waals surface area contributed by atoms with Crippen LogP contribution < -0.4 is 5.43 Å². The minimum absolute atomic E-state index is 0.189. The van der Waals surface area contributed by atoms with Crippen LogP contribution in [0.1, 0.15) is 5.56 Å². The number of phenols is 1. The van der Waals surface area contributed by atoms with Crippen molar-refractivity contribution in [1.29, 1.82) is 0 Å². The number of aromatic hydroxyl groups is 1. The third-order valence-corrected chi connectivity index (χ3v) is 3.67. The maximum absolute atomic E-state index is 9.37. The van der Waals surface area contributed by atoms with Gasteiger partial charge in [0.05, 0.1) is 26.4 Å². The molecule has 2 aromatic rings. The molecule has 19 heavy (non-hydrogen) atoms. The van der Waals surface area contributed by atoms with Crippen molar-refractivity contribution in [2.75, 3.05) is 5.43 Å². The fourth-order valence-corrected chi connectivity index (χ4v) is 2.05. The van der Waals surface area contributed by atoms with Gasteiger partial charge in [-0.2, -0.15) is 5.10 Å². The van der Waals surface area contributed by atoms with Crippen LogP contribution in [0.3, 0.4) is 0 Å². The zero-order valence-electron chi connectivity index (χ0n) is 9.57. The Morgan fingerprint density at radius 3 is 2.58 bits per heavy atom. The summed E-state index contributed by atoms with van der Waals surface area (Å²) in [6.45, 7) is 0. The molecule has 2 rings (SSSR count). The number of hydrazone groups is 1. The van der Waals surface area contributed by atoms with Crippen LogP contribution in [0.15, 0.2) is 46.0 Å². The van der Waals surface area contributed by atoms with E-state index in [1.54, 1.807) is 42.6 Å². The van der Waals surface area contributed by atoms with E-state index in [0.717, 1.165) is 11.3 Å². The van der Waals surface area contributed by atoms with Gasteiger partial charge in [-0.05, 0) is 57.9 Å².